The van der Waals surface area contributed by atoms with Crippen LogP contribution in [0, 0.1) is 5.82 Å². The third-order valence-corrected chi connectivity index (χ3v) is 4.84. The van der Waals surface area contributed by atoms with Crippen LogP contribution in [-0.2, 0) is 9.59 Å². The monoisotopic (exact) mass is 410 g/mol. The predicted octanol–water partition coefficient (Wildman–Crippen LogP) is 2.36. The fourth-order valence-corrected chi connectivity index (χ4v) is 3.45. The minimum atomic E-state index is -0.596. The second-order valence-electron chi connectivity index (χ2n) is 6.80. The molecule has 9 heteroatoms. The van der Waals surface area contributed by atoms with Crippen LogP contribution in [-0.4, -0.2) is 35.1 Å². The predicted molar refractivity (Wildman–Crippen MR) is 106 cm³/mol. The number of hydrogen-bond donors (Lipinski definition) is 2. The Bertz CT molecular complexity index is 1110. The molecule has 8 nitrogen and oxygen atoms in total. The summed E-state index contributed by atoms with van der Waals surface area (Å²) in [4.78, 5) is 27.9. The van der Waals surface area contributed by atoms with Crippen molar-refractivity contribution >= 4 is 17.6 Å². The second-order valence-corrected chi connectivity index (χ2v) is 6.80. The first kappa shape index (κ1) is 19.4. The lowest BCUT2D eigenvalue weighted by molar-refractivity contribution is -0.120. The largest absolute Gasteiger partial charge is 0.493 e. The fourth-order valence-electron chi connectivity index (χ4n) is 3.45. The van der Waals surface area contributed by atoms with E-state index in [0.29, 0.717) is 28.7 Å². The molecule has 0 saturated carbocycles. The lowest BCUT2D eigenvalue weighted by atomic mass is 9.89. The summed E-state index contributed by atoms with van der Waals surface area (Å²) in [5.74, 6) is -0.0899. The number of carbonyl (C=O) groups excluding carboxylic acids is 2. The van der Waals surface area contributed by atoms with Crippen LogP contribution in [0.5, 0.6) is 11.5 Å². The second kappa shape index (κ2) is 7.86. The minimum Gasteiger partial charge on any atom is -0.493 e. The molecule has 0 radical (unpaired) electrons. The zero-order valence-electron chi connectivity index (χ0n) is 16.1. The molecule has 3 aromatic rings. The Morgan fingerprint density at radius 1 is 1.27 bits per heavy atom. The molecule has 4 rings (SSSR count). The highest BCUT2D eigenvalue weighted by molar-refractivity contribution is 5.94. The SMILES string of the molecule is COc1cc(C2CC(=O)Nc3c2ncn3-c2ccc(F)cc2)ccc1OCC(N)=O. The van der Waals surface area contributed by atoms with Gasteiger partial charge in [-0.15, -0.1) is 0 Å². The molecule has 1 atom stereocenters. The number of halogens is 1. The average Bonchev–Trinajstić information content (AvgIpc) is 3.15. The number of hydrogen-bond acceptors (Lipinski definition) is 5. The number of rotatable bonds is 6. The molecule has 0 aliphatic carbocycles. The number of nitrogens with one attached hydrogen (secondary N) is 1. The summed E-state index contributed by atoms with van der Waals surface area (Å²) in [5, 5.41) is 2.85. The van der Waals surface area contributed by atoms with E-state index in [9.17, 15) is 14.0 Å². The van der Waals surface area contributed by atoms with E-state index < -0.39 is 5.91 Å². The van der Waals surface area contributed by atoms with E-state index in [1.54, 1.807) is 41.2 Å². The van der Waals surface area contributed by atoms with Gasteiger partial charge in [0.1, 0.15) is 18.0 Å². The van der Waals surface area contributed by atoms with Crippen molar-refractivity contribution in [1.82, 2.24) is 9.55 Å². The lowest BCUT2D eigenvalue weighted by Crippen LogP contribution is -2.25. The van der Waals surface area contributed by atoms with E-state index >= 15 is 0 Å². The Balaban J connectivity index is 1.71. The molecule has 2 heterocycles. The summed E-state index contributed by atoms with van der Waals surface area (Å²) in [5.41, 5.74) is 7.30. The first-order valence-corrected chi connectivity index (χ1v) is 9.18. The van der Waals surface area contributed by atoms with Crippen molar-refractivity contribution in [2.24, 2.45) is 5.73 Å². The van der Waals surface area contributed by atoms with Crippen LogP contribution in [0.25, 0.3) is 5.69 Å². The van der Waals surface area contributed by atoms with Gasteiger partial charge in [0.15, 0.2) is 18.1 Å². The van der Waals surface area contributed by atoms with Crippen molar-refractivity contribution in [2.75, 3.05) is 19.0 Å². The van der Waals surface area contributed by atoms with Crippen molar-refractivity contribution in [3.05, 3.63) is 65.9 Å². The summed E-state index contributed by atoms with van der Waals surface area (Å²) >= 11 is 0. The highest BCUT2D eigenvalue weighted by Crippen LogP contribution is 2.40. The molecule has 1 unspecified atom stereocenters. The number of aromatic nitrogens is 2. The van der Waals surface area contributed by atoms with Crippen LogP contribution in [0.1, 0.15) is 23.6 Å². The number of ether oxygens (including phenoxy) is 2. The standard InChI is InChI=1S/C21H19FN4O4/c1-29-17-8-12(2-7-16(17)30-10-18(23)27)15-9-19(28)25-21-20(15)24-11-26(21)14-5-3-13(22)4-6-14/h2-8,11,15H,9-10H2,1H3,(H2,23,27)(H,25,28). The third kappa shape index (κ3) is 3.69. The van der Waals surface area contributed by atoms with E-state index in [1.165, 1.54) is 19.2 Å². The normalized spacial score (nSPS) is 15.3. The van der Waals surface area contributed by atoms with Gasteiger partial charge < -0.3 is 20.5 Å². The molecule has 30 heavy (non-hydrogen) atoms. The molecule has 0 spiro atoms. The van der Waals surface area contributed by atoms with Gasteiger partial charge in [0.05, 0.1) is 12.8 Å². The molecule has 2 amide bonds. The zero-order valence-corrected chi connectivity index (χ0v) is 16.1. The van der Waals surface area contributed by atoms with Gasteiger partial charge in [0, 0.05) is 18.0 Å². The van der Waals surface area contributed by atoms with Crippen molar-refractivity contribution in [3.8, 4) is 17.2 Å². The summed E-state index contributed by atoms with van der Waals surface area (Å²) < 4.78 is 25.7. The summed E-state index contributed by atoms with van der Waals surface area (Å²) in [6, 6.07) is 11.1. The Hall–Kier alpha value is -3.88. The third-order valence-electron chi connectivity index (χ3n) is 4.84. The van der Waals surface area contributed by atoms with Crippen LogP contribution in [0.3, 0.4) is 0 Å². The van der Waals surface area contributed by atoms with Gasteiger partial charge >= 0.3 is 0 Å². The van der Waals surface area contributed by atoms with Crippen LogP contribution >= 0.6 is 0 Å². The lowest BCUT2D eigenvalue weighted by Gasteiger charge is -2.24. The molecule has 0 bridgehead atoms. The van der Waals surface area contributed by atoms with E-state index in [-0.39, 0.29) is 30.7 Å². The number of amides is 2. The van der Waals surface area contributed by atoms with Crippen molar-refractivity contribution in [2.45, 2.75) is 12.3 Å². The maximum absolute atomic E-state index is 13.3. The van der Waals surface area contributed by atoms with Crippen LogP contribution < -0.4 is 20.5 Å². The number of anilines is 1. The average molecular weight is 410 g/mol. The molecular formula is C21H19FN4O4. The molecule has 2 aromatic carbocycles. The number of fused-ring (bicyclic) bond motifs is 1. The first-order chi connectivity index (χ1) is 14.5. The molecule has 0 fully saturated rings. The van der Waals surface area contributed by atoms with Crippen molar-refractivity contribution < 1.29 is 23.5 Å². The Morgan fingerprint density at radius 3 is 2.73 bits per heavy atom. The van der Waals surface area contributed by atoms with E-state index in [1.807, 2.05) is 0 Å². The van der Waals surface area contributed by atoms with E-state index in [4.69, 9.17) is 15.2 Å². The van der Waals surface area contributed by atoms with Crippen LogP contribution in [0.2, 0.25) is 0 Å². The number of methoxy groups -OCH3 is 1. The van der Waals surface area contributed by atoms with E-state index in [0.717, 1.165) is 5.56 Å². The number of benzene rings is 2. The fraction of sp³-hybridized carbons (Fsp3) is 0.190. The smallest absolute Gasteiger partial charge is 0.255 e. The van der Waals surface area contributed by atoms with E-state index in [2.05, 4.69) is 10.3 Å². The summed E-state index contributed by atoms with van der Waals surface area (Å²) in [6.07, 6.45) is 1.80. The van der Waals surface area contributed by atoms with Gasteiger partial charge in [-0.3, -0.25) is 14.2 Å². The highest BCUT2D eigenvalue weighted by Gasteiger charge is 2.31. The number of primary amides is 1. The van der Waals surface area contributed by atoms with Gasteiger partial charge in [0.2, 0.25) is 5.91 Å². The quantitative estimate of drug-likeness (QED) is 0.649. The van der Waals surface area contributed by atoms with Crippen molar-refractivity contribution in [3.63, 3.8) is 0 Å². The number of nitrogens with zero attached hydrogens (tertiary/aromatic N) is 2. The van der Waals surface area contributed by atoms with Gasteiger partial charge in [-0.2, -0.15) is 0 Å². The molecule has 154 valence electrons. The highest BCUT2D eigenvalue weighted by atomic mass is 19.1. The van der Waals surface area contributed by atoms with Gasteiger partial charge in [-0.25, -0.2) is 9.37 Å². The van der Waals surface area contributed by atoms with Gasteiger partial charge in [-0.05, 0) is 42.0 Å². The Labute approximate surface area is 171 Å². The molecule has 1 aliphatic rings. The maximum atomic E-state index is 13.3. The van der Waals surface area contributed by atoms with Gasteiger partial charge in [-0.1, -0.05) is 6.07 Å². The number of carbonyl (C=O) groups is 2. The Morgan fingerprint density at radius 2 is 2.03 bits per heavy atom. The molecule has 0 saturated heterocycles. The molecular weight excluding hydrogens is 391 g/mol. The minimum absolute atomic E-state index is 0.163. The molecule has 3 N–H and O–H groups in total. The first-order valence-electron chi connectivity index (χ1n) is 9.18. The zero-order chi connectivity index (χ0) is 21.3. The molecule has 1 aliphatic heterocycles. The Kier molecular flexibility index (Phi) is 5.09. The topological polar surface area (TPSA) is 108 Å². The number of nitrogens with two attached hydrogens (primary N) is 1. The van der Waals surface area contributed by atoms with Crippen LogP contribution in [0.4, 0.5) is 10.2 Å². The molecule has 1 aromatic heterocycles. The van der Waals surface area contributed by atoms with Crippen molar-refractivity contribution in [1.29, 1.82) is 0 Å². The summed E-state index contributed by atoms with van der Waals surface area (Å²) in [7, 11) is 1.48. The maximum Gasteiger partial charge on any atom is 0.255 e. The van der Waals surface area contributed by atoms with Crippen LogP contribution in [0.15, 0.2) is 48.8 Å². The number of imidazole rings is 1. The van der Waals surface area contributed by atoms with Gasteiger partial charge in [0.25, 0.3) is 5.91 Å². The summed E-state index contributed by atoms with van der Waals surface area (Å²) in [6.45, 7) is -0.270.